The molecule has 0 bridgehead atoms. The molecule has 0 saturated carbocycles. The summed E-state index contributed by atoms with van der Waals surface area (Å²) in [5.74, 6) is 1.29. The molecule has 0 aromatic heterocycles. The van der Waals surface area contributed by atoms with Crippen LogP contribution in [0.2, 0.25) is 0 Å². The zero-order valence-electron chi connectivity index (χ0n) is 12.9. The second-order valence-electron chi connectivity index (χ2n) is 5.02. The third-order valence-corrected chi connectivity index (χ3v) is 3.58. The van der Waals surface area contributed by atoms with Gasteiger partial charge in [-0.05, 0) is 25.0 Å². The van der Waals surface area contributed by atoms with Gasteiger partial charge in [0.1, 0.15) is 0 Å². The van der Waals surface area contributed by atoms with Crippen molar-refractivity contribution in [3.8, 4) is 11.5 Å². The first-order chi connectivity index (χ1) is 10.1. The van der Waals surface area contributed by atoms with Crippen molar-refractivity contribution in [1.82, 2.24) is 0 Å². The molecule has 1 unspecified atom stereocenters. The van der Waals surface area contributed by atoms with E-state index in [1.54, 1.807) is 20.3 Å². The van der Waals surface area contributed by atoms with E-state index in [0.717, 1.165) is 5.69 Å². The number of aryl methyl sites for hydroxylation is 1. The third kappa shape index (κ3) is 3.21. The molecule has 4 heteroatoms. The van der Waals surface area contributed by atoms with Crippen LogP contribution >= 0.6 is 0 Å². The van der Waals surface area contributed by atoms with E-state index in [1.165, 1.54) is 11.1 Å². The third-order valence-electron chi connectivity index (χ3n) is 3.58. The molecule has 0 heterocycles. The summed E-state index contributed by atoms with van der Waals surface area (Å²) in [6.45, 7) is 4.21. The van der Waals surface area contributed by atoms with Gasteiger partial charge in [0.25, 0.3) is 0 Å². The van der Waals surface area contributed by atoms with Crippen LogP contribution in [0.5, 0.6) is 11.5 Å². The molecule has 0 aliphatic heterocycles. The summed E-state index contributed by atoms with van der Waals surface area (Å²) in [6, 6.07) is 12.1. The average molecular weight is 286 g/mol. The zero-order valence-corrected chi connectivity index (χ0v) is 12.9. The van der Waals surface area contributed by atoms with E-state index in [9.17, 15) is 0 Å². The van der Waals surface area contributed by atoms with Gasteiger partial charge in [0, 0.05) is 18.2 Å². The van der Waals surface area contributed by atoms with Crippen molar-refractivity contribution < 1.29 is 9.47 Å². The predicted octanol–water partition coefficient (Wildman–Crippen LogP) is 3.77. The molecule has 0 aliphatic rings. The number of methoxy groups -OCH3 is 2. The van der Waals surface area contributed by atoms with E-state index in [2.05, 4.69) is 31.3 Å². The van der Waals surface area contributed by atoms with Gasteiger partial charge in [-0.25, -0.2) is 0 Å². The molecule has 2 aromatic rings. The van der Waals surface area contributed by atoms with E-state index in [4.69, 9.17) is 15.2 Å². The van der Waals surface area contributed by atoms with Gasteiger partial charge >= 0.3 is 0 Å². The van der Waals surface area contributed by atoms with E-state index in [-0.39, 0.29) is 6.04 Å². The van der Waals surface area contributed by atoms with Crippen molar-refractivity contribution in [2.45, 2.75) is 19.9 Å². The van der Waals surface area contributed by atoms with Crippen molar-refractivity contribution >= 4 is 11.4 Å². The number of nitrogen functional groups attached to an aromatic ring is 1. The zero-order chi connectivity index (χ0) is 15.4. The Hall–Kier alpha value is -2.36. The van der Waals surface area contributed by atoms with Crippen LogP contribution in [0.4, 0.5) is 11.4 Å². The molecule has 4 nitrogen and oxygen atoms in total. The maximum absolute atomic E-state index is 6.09. The van der Waals surface area contributed by atoms with Gasteiger partial charge in [0.05, 0.1) is 25.6 Å². The van der Waals surface area contributed by atoms with Crippen molar-refractivity contribution in [1.29, 1.82) is 0 Å². The van der Waals surface area contributed by atoms with Gasteiger partial charge < -0.3 is 20.5 Å². The van der Waals surface area contributed by atoms with Crippen molar-refractivity contribution in [2.75, 3.05) is 25.3 Å². The molecule has 3 N–H and O–H groups in total. The number of benzene rings is 2. The Bertz CT molecular complexity index is 626. The Morgan fingerprint density at radius 3 is 2.29 bits per heavy atom. The molecule has 21 heavy (non-hydrogen) atoms. The first-order valence-corrected chi connectivity index (χ1v) is 6.90. The van der Waals surface area contributed by atoms with Crippen LogP contribution in [-0.2, 0) is 0 Å². The van der Waals surface area contributed by atoms with Crippen molar-refractivity contribution in [3.05, 3.63) is 47.5 Å². The van der Waals surface area contributed by atoms with Crippen molar-refractivity contribution in [3.63, 3.8) is 0 Å². The van der Waals surface area contributed by atoms with Gasteiger partial charge in [-0.2, -0.15) is 0 Å². The number of anilines is 2. The van der Waals surface area contributed by atoms with Gasteiger partial charge in [-0.3, -0.25) is 0 Å². The molecule has 0 fully saturated rings. The summed E-state index contributed by atoms with van der Waals surface area (Å²) < 4.78 is 10.6. The lowest BCUT2D eigenvalue weighted by Crippen LogP contribution is -2.10. The highest BCUT2D eigenvalue weighted by molar-refractivity contribution is 5.72. The Morgan fingerprint density at radius 1 is 1.05 bits per heavy atom. The number of hydrogen-bond donors (Lipinski definition) is 2. The molecular weight excluding hydrogens is 264 g/mol. The fraction of sp³-hybridized carbons (Fsp3) is 0.294. The minimum absolute atomic E-state index is 0.145. The van der Waals surface area contributed by atoms with E-state index in [1.807, 2.05) is 18.2 Å². The number of nitrogens with two attached hydrogens (primary N) is 1. The quantitative estimate of drug-likeness (QED) is 0.822. The molecule has 0 aliphatic carbocycles. The molecule has 0 amide bonds. The van der Waals surface area contributed by atoms with Crippen LogP contribution < -0.4 is 20.5 Å². The molecule has 112 valence electrons. The smallest absolute Gasteiger partial charge is 0.162 e. The van der Waals surface area contributed by atoms with Crippen LogP contribution in [0.1, 0.15) is 24.1 Å². The van der Waals surface area contributed by atoms with Gasteiger partial charge in [-0.15, -0.1) is 0 Å². The summed E-state index contributed by atoms with van der Waals surface area (Å²) in [5.41, 5.74) is 10.0. The largest absolute Gasteiger partial charge is 0.493 e. The van der Waals surface area contributed by atoms with Crippen LogP contribution in [0.3, 0.4) is 0 Å². The second-order valence-corrected chi connectivity index (χ2v) is 5.02. The maximum Gasteiger partial charge on any atom is 0.162 e. The van der Waals surface area contributed by atoms with Crippen LogP contribution in [-0.4, -0.2) is 14.2 Å². The normalized spacial score (nSPS) is 11.8. The number of nitrogens with one attached hydrogen (secondary N) is 1. The second kappa shape index (κ2) is 6.39. The fourth-order valence-corrected chi connectivity index (χ4v) is 2.40. The Kier molecular flexibility index (Phi) is 4.58. The Morgan fingerprint density at radius 2 is 1.67 bits per heavy atom. The summed E-state index contributed by atoms with van der Waals surface area (Å²) in [4.78, 5) is 0. The summed E-state index contributed by atoms with van der Waals surface area (Å²) in [6.07, 6.45) is 0. The molecule has 1 atom stereocenters. The predicted molar refractivity (Wildman–Crippen MR) is 87.2 cm³/mol. The van der Waals surface area contributed by atoms with Crippen molar-refractivity contribution in [2.24, 2.45) is 0 Å². The fourth-order valence-electron chi connectivity index (χ4n) is 2.40. The van der Waals surface area contributed by atoms with Gasteiger partial charge in [0.15, 0.2) is 11.5 Å². The average Bonchev–Trinajstić information content (AvgIpc) is 2.49. The minimum Gasteiger partial charge on any atom is -0.493 e. The number of ether oxygens (including phenoxy) is 2. The monoisotopic (exact) mass is 286 g/mol. The summed E-state index contributed by atoms with van der Waals surface area (Å²) in [7, 11) is 3.21. The lowest BCUT2D eigenvalue weighted by molar-refractivity contribution is 0.355. The van der Waals surface area contributed by atoms with Gasteiger partial charge in [0.2, 0.25) is 0 Å². The highest BCUT2D eigenvalue weighted by Gasteiger charge is 2.13. The highest BCUT2D eigenvalue weighted by Crippen LogP contribution is 2.36. The van der Waals surface area contributed by atoms with E-state index in [0.29, 0.717) is 17.2 Å². The molecular formula is C17H22N2O2. The lowest BCUT2D eigenvalue weighted by Gasteiger charge is -2.20. The Labute approximate surface area is 125 Å². The highest BCUT2D eigenvalue weighted by atomic mass is 16.5. The number of rotatable bonds is 5. The first kappa shape index (κ1) is 15.0. The molecule has 2 rings (SSSR count). The van der Waals surface area contributed by atoms with E-state index < -0.39 is 0 Å². The SMILES string of the molecule is COc1cc(N)c(NC(C)c2ccccc2C)cc1OC. The Balaban J connectivity index is 2.29. The summed E-state index contributed by atoms with van der Waals surface area (Å²) >= 11 is 0. The van der Waals surface area contributed by atoms with Crippen LogP contribution in [0.15, 0.2) is 36.4 Å². The lowest BCUT2D eigenvalue weighted by atomic mass is 10.0. The standard InChI is InChI=1S/C17H22N2O2/c1-11-7-5-6-8-13(11)12(2)19-15-10-17(21-4)16(20-3)9-14(15)18/h5-10,12,19H,18H2,1-4H3. The van der Waals surface area contributed by atoms with Crippen LogP contribution in [0, 0.1) is 6.92 Å². The molecule has 0 spiro atoms. The van der Waals surface area contributed by atoms with Gasteiger partial charge in [-0.1, -0.05) is 24.3 Å². The minimum atomic E-state index is 0.145. The van der Waals surface area contributed by atoms with E-state index >= 15 is 0 Å². The van der Waals surface area contributed by atoms with Crippen LogP contribution in [0.25, 0.3) is 0 Å². The first-order valence-electron chi connectivity index (χ1n) is 6.90. The number of hydrogen-bond acceptors (Lipinski definition) is 4. The maximum atomic E-state index is 6.09. The topological polar surface area (TPSA) is 56.5 Å². The summed E-state index contributed by atoms with van der Waals surface area (Å²) in [5, 5.41) is 3.43. The molecule has 0 radical (unpaired) electrons. The molecule has 0 saturated heterocycles. The molecule has 2 aromatic carbocycles.